The molecule has 0 aliphatic carbocycles. The fourth-order valence-corrected chi connectivity index (χ4v) is 2.10. The van der Waals surface area contributed by atoms with Crippen molar-refractivity contribution in [2.45, 2.75) is 6.18 Å². The summed E-state index contributed by atoms with van der Waals surface area (Å²) in [5, 5.41) is 1.36. The first-order chi connectivity index (χ1) is 8.77. The fourth-order valence-electron chi connectivity index (χ4n) is 1.42. The zero-order valence-electron chi connectivity index (χ0n) is 9.05. The summed E-state index contributed by atoms with van der Waals surface area (Å²) in [4.78, 5) is 22.1. The average Bonchev–Trinajstić information content (AvgIpc) is 2.58. The Morgan fingerprint density at radius 3 is 2.42 bits per heavy atom. The van der Waals surface area contributed by atoms with Crippen LogP contribution in [0.2, 0.25) is 0 Å². The van der Waals surface area contributed by atoms with Gasteiger partial charge < -0.3 is 0 Å². The van der Waals surface area contributed by atoms with Crippen LogP contribution in [-0.2, 0) is 11.0 Å². The van der Waals surface area contributed by atoms with Gasteiger partial charge in [-0.15, -0.1) is 0 Å². The number of halogens is 4. The lowest BCUT2D eigenvalue weighted by atomic mass is 10.1. The van der Waals surface area contributed by atoms with Crippen molar-refractivity contribution in [2.75, 3.05) is 0 Å². The summed E-state index contributed by atoms with van der Waals surface area (Å²) in [6.07, 6.45) is -3.72. The number of carbonyl (C=O) groups excluding carboxylic acids is 2. The number of rotatable bonds is 1. The zero-order chi connectivity index (χ0) is 14.2. The maximum Gasteiger partial charge on any atom is 0.419 e. The molecule has 0 spiro atoms. The van der Waals surface area contributed by atoms with E-state index in [-0.39, 0.29) is 10.5 Å². The molecule has 1 aliphatic rings. The van der Waals surface area contributed by atoms with Crippen LogP contribution in [0, 0.1) is 5.82 Å². The van der Waals surface area contributed by atoms with Crippen LogP contribution in [0.3, 0.4) is 0 Å². The number of amides is 2. The summed E-state index contributed by atoms with van der Waals surface area (Å²) in [7, 11) is 0. The maximum atomic E-state index is 13.0. The van der Waals surface area contributed by atoms with Crippen molar-refractivity contribution < 1.29 is 27.2 Å². The van der Waals surface area contributed by atoms with E-state index in [4.69, 9.17) is 0 Å². The van der Waals surface area contributed by atoms with Crippen LogP contribution in [0.15, 0.2) is 23.1 Å². The highest BCUT2D eigenvalue weighted by atomic mass is 32.2. The number of imide groups is 1. The third-order valence-electron chi connectivity index (χ3n) is 2.24. The van der Waals surface area contributed by atoms with E-state index in [1.165, 1.54) is 0 Å². The minimum atomic E-state index is -4.82. The maximum absolute atomic E-state index is 13.0. The molecule has 1 aliphatic heterocycles. The Morgan fingerprint density at radius 2 is 1.89 bits per heavy atom. The van der Waals surface area contributed by atoms with Crippen LogP contribution in [-0.4, -0.2) is 11.1 Å². The molecule has 1 fully saturated rings. The Bertz CT molecular complexity index is 595. The Balaban J connectivity index is 2.40. The first kappa shape index (κ1) is 13.6. The number of nitrogens with one attached hydrogen (secondary N) is 1. The first-order valence-corrected chi connectivity index (χ1v) is 5.70. The van der Waals surface area contributed by atoms with E-state index in [0.717, 1.165) is 12.1 Å². The molecule has 2 rings (SSSR count). The molecule has 0 radical (unpaired) electrons. The molecule has 1 saturated heterocycles. The summed E-state index contributed by atoms with van der Waals surface area (Å²) in [5.41, 5.74) is -1.43. The molecule has 19 heavy (non-hydrogen) atoms. The lowest BCUT2D eigenvalue weighted by Gasteiger charge is -2.08. The van der Waals surface area contributed by atoms with Gasteiger partial charge in [-0.25, -0.2) is 4.39 Å². The molecule has 100 valence electrons. The molecule has 0 aromatic heterocycles. The minimum absolute atomic E-state index is 0.0129. The first-order valence-electron chi connectivity index (χ1n) is 4.89. The van der Waals surface area contributed by atoms with Crippen molar-refractivity contribution in [3.63, 3.8) is 0 Å². The molecule has 1 aromatic carbocycles. The molecular weight excluding hydrogens is 286 g/mol. The second-order valence-electron chi connectivity index (χ2n) is 3.59. The van der Waals surface area contributed by atoms with Gasteiger partial charge in [0, 0.05) is 0 Å². The smallest absolute Gasteiger partial charge is 0.282 e. The predicted octanol–water partition coefficient (Wildman–Crippen LogP) is 3.17. The average molecular weight is 291 g/mol. The van der Waals surface area contributed by atoms with Crippen LogP contribution < -0.4 is 5.32 Å². The highest BCUT2D eigenvalue weighted by Gasteiger charge is 2.34. The molecule has 1 heterocycles. The van der Waals surface area contributed by atoms with Gasteiger partial charge >= 0.3 is 6.18 Å². The quantitative estimate of drug-likeness (QED) is 0.638. The van der Waals surface area contributed by atoms with Gasteiger partial charge in [-0.3, -0.25) is 14.9 Å². The number of alkyl halides is 3. The molecule has 8 heteroatoms. The molecule has 0 saturated carbocycles. The lowest BCUT2D eigenvalue weighted by molar-refractivity contribution is -0.140. The van der Waals surface area contributed by atoms with E-state index in [1.807, 2.05) is 5.32 Å². The zero-order valence-corrected chi connectivity index (χ0v) is 9.86. The van der Waals surface area contributed by atoms with Crippen molar-refractivity contribution in [2.24, 2.45) is 0 Å². The molecule has 3 nitrogen and oxygen atoms in total. The summed E-state index contributed by atoms with van der Waals surface area (Å²) in [6, 6.07) is 2.34. The molecule has 0 atom stereocenters. The number of thioether (sulfide) groups is 1. The highest BCUT2D eigenvalue weighted by Crippen LogP contribution is 2.33. The number of benzene rings is 1. The number of hydrogen-bond acceptors (Lipinski definition) is 3. The molecule has 0 bridgehead atoms. The third kappa shape index (κ3) is 2.95. The van der Waals surface area contributed by atoms with E-state index in [0.29, 0.717) is 23.9 Å². The van der Waals surface area contributed by atoms with Crippen LogP contribution >= 0.6 is 11.8 Å². The standard InChI is InChI=1S/C11H5F4NO2S/c12-7-2-1-5(3-6(7)11(13,14)15)4-8-9(17)16-10(18)19-8/h1-4H,(H,16,17,18). The normalized spacial score (nSPS) is 18.0. The fraction of sp³-hybridized carbons (Fsp3) is 0.0909. The van der Waals surface area contributed by atoms with Crippen LogP contribution in [0.5, 0.6) is 0 Å². The summed E-state index contributed by atoms with van der Waals surface area (Å²) in [6.45, 7) is 0. The Morgan fingerprint density at radius 1 is 1.21 bits per heavy atom. The topological polar surface area (TPSA) is 46.2 Å². The van der Waals surface area contributed by atoms with E-state index in [1.54, 1.807) is 0 Å². The van der Waals surface area contributed by atoms with Crippen molar-refractivity contribution >= 4 is 29.0 Å². The number of hydrogen-bond donors (Lipinski definition) is 1. The van der Waals surface area contributed by atoms with Crippen LogP contribution in [0.4, 0.5) is 22.4 Å². The highest BCUT2D eigenvalue weighted by molar-refractivity contribution is 8.18. The third-order valence-corrected chi connectivity index (χ3v) is 3.05. The van der Waals surface area contributed by atoms with E-state index in [9.17, 15) is 27.2 Å². The minimum Gasteiger partial charge on any atom is -0.282 e. The lowest BCUT2D eigenvalue weighted by Crippen LogP contribution is -2.17. The van der Waals surface area contributed by atoms with Gasteiger partial charge in [0.2, 0.25) is 0 Å². The molecule has 1 aromatic rings. The van der Waals surface area contributed by atoms with Gasteiger partial charge in [-0.1, -0.05) is 6.07 Å². The van der Waals surface area contributed by atoms with Gasteiger partial charge in [-0.2, -0.15) is 13.2 Å². The monoisotopic (exact) mass is 291 g/mol. The van der Waals surface area contributed by atoms with E-state index >= 15 is 0 Å². The van der Waals surface area contributed by atoms with Gasteiger partial charge in [0.05, 0.1) is 10.5 Å². The van der Waals surface area contributed by atoms with E-state index in [2.05, 4.69) is 0 Å². The molecule has 0 unspecified atom stereocenters. The van der Waals surface area contributed by atoms with Gasteiger partial charge in [0.25, 0.3) is 11.1 Å². The summed E-state index contributed by atoms with van der Waals surface area (Å²) >= 11 is 0.573. The molecule has 1 N–H and O–H groups in total. The number of carbonyl (C=O) groups is 2. The van der Waals surface area contributed by atoms with Crippen LogP contribution in [0.25, 0.3) is 6.08 Å². The van der Waals surface area contributed by atoms with Crippen molar-refractivity contribution in [3.05, 3.63) is 40.0 Å². The largest absolute Gasteiger partial charge is 0.419 e. The Kier molecular flexibility index (Phi) is 3.36. The summed E-state index contributed by atoms with van der Waals surface area (Å²) < 4.78 is 50.5. The van der Waals surface area contributed by atoms with Crippen molar-refractivity contribution in [1.82, 2.24) is 5.32 Å². The van der Waals surface area contributed by atoms with Gasteiger partial charge in [-0.05, 0) is 35.5 Å². The second-order valence-corrected chi connectivity index (χ2v) is 4.60. The van der Waals surface area contributed by atoms with Gasteiger partial charge in [0.1, 0.15) is 5.82 Å². The predicted molar refractivity (Wildman–Crippen MR) is 60.5 cm³/mol. The second kappa shape index (κ2) is 4.69. The Labute approximate surface area is 108 Å². The Hall–Kier alpha value is -1.83. The van der Waals surface area contributed by atoms with Gasteiger partial charge in [0.15, 0.2) is 0 Å². The molecular formula is C11H5F4NO2S. The van der Waals surface area contributed by atoms with Crippen LogP contribution in [0.1, 0.15) is 11.1 Å². The van der Waals surface area contributed by atoms with Crippen molar-refractivity contribution in [3.8, 4) is 0 Å². The SMILES string of the molecule is O=C1NC(=O)C(=Cc2ccc(F)c(C(F)(F)F)c2)S1. The summed E-state index contributed by atoms with van der Waals surface area (Å²) in [5.74, 6) is -2.08. The van der Waals surface area contributed by atoms with Crippen molar-refractivity contribution in [1.29, 1.82) is 0 Å². The molecule has 2 amide bonds. The van der Waals surface area contributed by atoms with E-state index < -0.39 is 28.7 Å².